The monoisotopic (exact) mass is 269 g/mol. The molecule has 100 valence electrons. The second-order valence-electron chi connectivity index (χ2n) is 3.81. The second kappa shape index (κ2) is 8.00. The SMILES string of the molecule is CCCNC(CSc1ccccc1OC)C(=O)O. The van der Waals surface area contributed by atoms with Crippen LogP contribution in [0.25, 0.3) is 0 Å². The predicted octanol–water partition coefficient (Wildman–Crippen LogP) is 2.24. The van der Waals surface area contributed by atoms with Crippen LogP contribution in [-0.2, 0) is 4.79 Å². The Balaban J connectivity index is 2.58. The number of hydrogen-bond acceptors (Lipinski definition) is 4. The van der Waals surface area contributed by atoms with Gasteiger partial charge in [-0.2, -0.15) is 0 Å². The zero-order valence-electron chi connectivity index (χ0n) is 10.7. The highest BCUT2D eigenvalue weighted by atomic mass is 32.2. The number of rotatable bonds is 8. The van der Waals surface area contributed by atoms with Gasteiger partial charge in [0.25, 0.3) is 0 Å². The molecule has 0 spiro atoms. The summed E-state index contributed by atoms with van der Waals surface area (Å²) >= 11 is 1.49. The summed E-state index contributed by atoms with van der Waals surface area (Å²) in [5.74, 6) is 0.448. The van der Waals surface area contributed by atoms with Crippen LogP contribution < -0.4 is 10.1 Å². The van der Waals surface area contributed by atoms with Crippen molar-refractivity contribution in [1.82, 2.24) is 5.32 Å². The van der Waals surface area contributed by atoms with Crippen LogP contribution in [0, 0.1) is 0 Å². The summed E-state index contributed by atoms with van der Waals surface area (Å²) < 4.78 is 5.23. The number of aliphatic carboxylic acids is 1. The van der Waals surface area contributed by atoms with E-state index in [9.17, 15) is 4.79 Å². The Hall–Kier alpha value is -1.20. The first-order chi connectivity index (χ1) is 8.69. The summed E-state index contributed by atoms with van der Waals surface area (Å²) in [5, 5.41) is 12.1. The van der Waals surface area contributed by atoms with Crippen molar-refractivity contribution < 1.29 is 14.6 Å². The third kappa shape index (κ3) is 4.58. The maximum Gasteiger partial charge on any atom is 0.321 e. The quantitative estimate of drug-likeness (QED) is 0.709. The average Bonchev–Trinajstić information content (AvgIpc) is 2.38. The fourth-order valence-corrected chi connectivity index (χ4v) is 2.52. The Kier molecular flexibility index (Phi) is 6.60. The number of nitrogens with one attached hydrogen (secondary N) is 1. The fraction of sp³-hybridized carbons (Fsp3) is 0.462. The van der Waals surface area contributed by atoms with E-state index >= 15 is 0 Å². The first-order valence-corrected chi connectivity index (χ1v) is 6.89. The topological polar surface area (TPSA) is 58.6 Å². The van der Waals surface area contributed by atoms with Crippen molar-refractivity contribution in [3.8, 4) is 5.75 Å². The summed E-state index contributed by atoms with van der Waals surface area (Å²) in [6.45, 7) is 2.72. The second-order valence-corrected chi connectivity index (χ2v) is 4.87. The van der Waals surface area contributed by atoms with Gasteiger partial charge in [0.2, 0.25) is 0 Å². The minimum atomic E-state index is -0.814. The van der Waals surface area contributed by atoms with Gasteiger partial charge in [0, 0.05) is 10.6 Å². The number of thioether (sulfide) groups is 1. The average molecular weight is 269 g/mol. The molecular formula is C13H19NO3S. The fourth-order valence-electron chi connectivity index (χ4n) is 1.45. The van der Waals surface area contributed by atoms with E-state index in [1.807, 2.05) is 31.2 Å². The van der Waals surface area contributed by atoms with Crippen molar-refractivity contribution in [2.75, 3.05) is 19.4 Å². The van der Waals surface area contributed by atoms with E-state index in [0.29, 0.717) is 12.3 Å². The minimum absolute atomic E-state index is 0.482. The molecular weight excluding hydrogens is 250 g/mol. The van der Waals surface area contributed by atoms with Gasteiger partial charge in [0.15, 0.2) is 0 Å². The van der Waals surface area contributed by atoms with Crippen molar-refractivity contribution in [3.05, 3.63) is 24.3 Å². The first-order valence-electron chi connectivity index (χ1n) is 5.91. The Morgan fingerprint density at radius 1 is 1.50 bits per heavy atom. The lowest BCUT2D eigenvalue weighted by Crippen LogP contribution is -2.39. The van der Waals surface area contributed by atoms with E-state index in [2.05, 4.69) is 5.32 Å². The van der Waals surface area contributed by atoms with Crippen molar-refractivity contribution in [2.24, 2.45) is 0 Å². The molecule has 5 heteroatoms. The van der Waals surface area contributed by atoms with Crippen LogP contribution in [0.4, 0.5) is 0 Å². The third-order valence-electron chi connectivity index (χ3n) is 2.41. The maximum atomic E-state index is 11.1. The summed E-state index contributed by atoms with van der Waals surface area (Å²) in [6.07, 6.45) is 0.920. The number of carboxylic acids is 1. The molecule has 1 atom stereocenters. The molecule has 4 nitrogen and oxygen atoms in total. The van der Waals surface area contributed by atoms with E-state index in [1.54, 1.807) is 7.11 Å². The van der Waals surface area contributed by atoms with Crippen LogP contribution in [0.2, 0.25) is 0 Å². The van der Waals surface area contributed by atoms with E-state index < -0.39 is 12.0 Å². The molecule has 1 aromatic carbocycles. The summed E-state index contributed by atoms with van der Waals surface area (Å²) in [5.41, 5.74) is 0. The van der Waals surface area contributed by atoms with Crippen LogP contribution in [0.5, 0.6) is 5.75 Å². The standard InChI is InChI=1S/C13H19NO3S/c1-3-8-14-10(13(15)16)9-18-12-7-5-4-6-11(12)17-2/h4-7,10,14H,3,8-9H2,1-2H3,(H,15,16). The maximum absolute atomic E-state index is 11.1. The van der Waals surface area contributed by atoms with Gasteiger partial charge >= 0.3 is 5.97 Å². The molecule has 18 heavy (non-hydrogen) atoms. The normalized spacial score (nSPS) is 12.1. The highest BCUT2D eigenvalue weighted by molar-refractivity contribution is 7.99. The molecule has 0 bridgehead atoms. The molecule has 0 amide bonds. The number of methoxy groups -OCH3 is 1. The Labute approximate surface area is 112 Å². The van der Waals surface area contributed by atoms with E-state index in [-0.39, 0.29) is 0 Å². The van der Waals surface area contributed by atoms with Crippen molar-refractivity contribution >= 4 is 17.7 Å². The number of carboxylic acid groups (broad SMARTS) is 1. The number of carbonyl (C=O) groups is 1. The summed E-state index contributed by atoms with van der Waals surface area (Å²) in [7, 11) is 1.61. The Morgan fingerprint density at radius 2 is 2.22 bits per heavy atom. The summed E-state index contributed by atoms with van der Waals surface area (Å²) in [4.78, 5) is 12.0. The molecule has 0 fully saturated rings. The molecule has 1 aromatic rings. The van der Waals surface area contributed by atoms with Gasteiger partial charge in [-0.15, -0.1) is 11.8 Å². The molecule has 0 radical (unpaired) electrons. The minimum Gasteiger partial charge on any atom is -0.496 e. The molecule has 0 aromatic heterocycles. The molecule has 1 unspecified atom stereocenters. The highest BCUT2D eigenvalue weighted by Gasteiger charge is 2.17. The lowest BCUT2D eigenvalue weighted by molar-refractivity contribution is -0.138. The van der Waals surface area contributed by atoms with Gasteiger partial charge in [-0.3, -0.25) is 4.79 Å². The number of ether oxygens (including phenoxy) is 1. The molecule has 0 aliphatic carbocycles. The Morgan fingerprint density at radius 3 is 2.83 bits per heavy atom. The number of hydrogen-bond donors (Lipinski definition) is 2. The van der Waals surface area contributed by atoms with E-state index in [0.717, 1.165) is 17.1 Å². The van der Waals surface area contributed by atoms with E-state index in [1.165, 1.54) is 11.8 Å². The molecule has 1 rings (SSSR count). The number of benzene rings is 1. The van der Waals surface area contributed by atoms with Gasteiger partial charge in [-0.05, 0) is 25.1 Å². The van der Waals surface area contributed by atoms with Crippen LogP contribution in [-0.4, -0.2) is 36.5 Å². The third-order valence-corrected chi connectivity index (χ3v) is 3.56. The molecule has 0 saturated carbocycles. The van der Waals surface area contributed by atoms with Crippen LogP contribution in [0.3, 0.4) is 0 Å². The van der Waals surface area contributed by atoms with Gasteiger partial charge < -0.3 is 15.2 Å². The van der Waals surface area contributed by atoms with Crippen LogP contribution >= 0.6 is 11.8 Å². The number of para-hydroxylation sites is 1. The van der Waals surface area contributed by atoms with Crippen LogP contribution in [0.15, 0.2) is 29.2 Å². The van der Waals surface area contributed by atoms with Crippen molar-refractivity contribution in [3.63, 3.8) is 0 Å². The largest absolute Gasteiger partial charge is 0.496 e. The first kappa shape index (κ1) is 14.9. The van der Waals surface area contributed by atoms with Gasteiger partial charge in [0.1, 0.15) is 11.8 Å². The molecule has 0 saturated heterocycles. The van der Waals surface area contributed by atoms with Gasteiger partial charge in [-0.25, -0.2) is 0 Å². The summed E-state index contributed by atoms with van der Waals surface area (Å²) in [6, 6.07) is 7.09. The molecule has 0 aliphatic heterocycles. The predicted molar refractivity (Wildman–Crippen MR) is 73.4 cm³/mol. The molecule has 0 heterocycles. The Bertz CT molecular complexity index is 384. The highest BCUT2D eigenvalue weighted by Crippen LogP contribution is 2.28. The smallest absolute Gasteiger partial charge is 0.321 e. The van der Waals surface area contributed by atoms with Gasteiger partial charge in [-0.1, -0.05) is 19.1 Å². The lowest BCUT2D eigenvalue weighted by atomic mass is 10.3. The zero-order valence-corrected chi connectivity index (χ0v) is 11.5. The zero-order chi connectivity index (χ0) is 13.4. The lowest BCUT2D eigenvalue weighted by Gasteiger charge is -2.14. The van der Waals surface area contributed by atoms with Crippen molar-refractivity contribution in [2.45, 2.75) is 24.3 Å². The molecule has 0 aliphatic rings. The van der Waals surface area contributed by atoms with E-state index in [4.69, 9.17) is 9.84 Å². The van der Waals surface area contributed by atoms with Crippen LogP contribution in [0.1, 0.15) is 13.3 Å². The van der Waals surface area contributed by atoms with Crippen molar-refractivity contribution in [1.29, 1.82) is 0 Å². The van der Waals surface area contributed by atoms with Gasteiger partial charge in [0.05, 0.1) is 7.11 Å². The molecule has 2 N–H and O–H groups in total.